The highest BCUT2D eigenvalue weighted by molar-refractivity contribution is 6.39. The largest absolute Gasteiger partial charge is 0.469 e. The molecule has 8 heteroatoms. The molecular formula is C57H74N2O6. The van der Waals surface area contributed by atoms with Crippen LogP contribution in [0.2, 0.25) is 0 Å². The minimum atomic E-state index is -0.676. The van der Waals surface area contributed by atoms with Crippen LogP contribution in [0.25, 0.3) is 17.7 Å². The monoisotopic (exact) mass is 883 g/mol. The number of methoxy groups -OCH3 is 3. The van der Waals surface area contributed by atoms with Gasteiger partial charge in [0.2, 0.25) is 0 Å². The predicted molar refractivity (Wildman–Crippen MR) is 274 cm³/mol. The summed E-state index contributed by atoms with van der Waals surface area (Å²) < 4.78 is 14.0. The van der Waals surface area contributed by atoms with Gasteiger partial charge in [0, 0.05) is 24.0 Å². The van der Waals surface area contributed by atoms with Crippen LogP contribution in [0.1, 0.15) is 90.8 Å². The number of benzene rings is 3. The molecule has 0 radical (unpaired) electrons. The van der Waals surface area contributed by atoms with Gasteiger partial charge >= 0.3 is 23.6 Å². The summed E-state index contributed by atoms with van der Waals surface area (Å²) in [4.78, 5) is 37.0. The van der Waals surface area contributed by atoms with Crippen LogP contribution >= 0.6 is 0 Å². The number of carbonyl (C=O) groups excluding carboxylic acids is 3. The molecule has 0 aromatic heterocycles. The lowest BCUT2D eigenvalue weighted by molar-refractivity contribution is -0.144. The minimum Gasteiger partial charge on any atom is -0.469 e. The van der Waals surface area contributed by atoms with Crippen molar-refractivity contribution in [3.8, 4) is 0 Å². The van der Waals surface area contributed by atoms with Gasteiger partial charge < -0.3 is 19.7 Å². The van der Waals surface area contributed by atoms with Crippen LogP contribution in [-0.4, -0.2) is 49.7 Å². The first-order valence-corrected chi connectivity index (χ1v) is 21.5. The Morgan fingerprint density at radius 3 is 1.58 bits per heavy atom. The Kier molecular flexibility index (Phi) is 37.0. The summed E-state index contributed by atoms with van der Waals surface area (Å²) in [5.74, 6) is -0.777. The first-order valence-electron chi connectivity index (χ1n) is 21.5. The van der Waals surface area contributed by atoms with Gasteiger partial charge in [-0.15, -0.1) is 0 Å². The van der Waals surface area contributed by atoms with Crippen molar-refractivity contribution in [2.75, 3.05) is 21.3 Å². The molecule has 0 amide bonds. The molecule has 3 unspecified atom stereocenters. The fraction of sp³-hybridized carbons (Fsp3) is 0.298. The van der Waals surface area contributed by atoms with Crippen LogP contribution in [0.4, 0.5) is 0 Å². The second-order valence-electron chi connectivity index (χ2n) is 13.2. The summed E-state index contributed by atoms with van der Waals surface area (Å²) in [6, 6.07) is 29.5. The molecule has 3 aliphatic rings. The highest BCUT2D eigenvalue weighted by Crippen LogP contribution is 2.30. The average Bonchev–Trinajstić information content (AvgIpc) is 3.38. The van der Waals surface area contributed by atoms with Crippen molar-refractivity contribution in [2.45, 2.75) is 74.1 Å². The maximum atomic E-state index is 11.9. The third kappa shape index (κ3) is 25.7. The lowest BCUT2D eigenvalue weighted by Gasteiger charge is -2.21. The van der Waals surface area contributed by atoms with E-state index in [9.17, 15) is 14.4 Å². The minimum absolute atomic E-state index is 0. The summed E-state index contributed by atoms with van der Waals surface area (Å²) in [5.41, 5.74) is 11.6. The molecule has 65 heavy (non-hydrogen) atoms. The standard InChI is InChI=1S/2C17H18O2.C11H10N2O2.C6H8.2C2H6.2CH4/c1-19-17(18)13-12-16(14-8-4-2-5-9-14)15-10-6-3-7-11-15;1-19-17(18)16(15-10-6-3-7-11-15)13-12-14-8-4-2-5-9-14;1-15-11(14)10(13-12)8-7-9-5-3-2-4-6-9;1-2-4-6-5-3-1;2*1-2;;/h2,4-13,15-16H,3H2,1H3;2-10,12-13,15-16H,11H2,1H3;2-8H,1H3;1-4H,5-6H2;2*1-2H3;2*1H4/b2*13-12+;8-7+;;;;;. The predicted octanol–water partition coefficient (Wildman–Crippen LogP) is 14.0. The summed E-state index contributed by atoms with van der Waals surface area (Å²) >= 11 is 0. The lowest BCUT2D eigenvalue weighted by atomic mass is 9.83. The van der Waals surface area contributed by atoms with Crippen LogP contribution in [0, 0.1) is 17.8 Å². The third-order valence-corrected chi connectivity index (χ3v) is 9.09. The molecule has 6 rings (SSSR count). The number of carbonyl (C=O) groups is 3. The summed E-state index contributed by atoms with van der Waals surface area (Å²) in [6.45, 7) is 8.00. The van der Waals surface area contributed by atoms with Gasteiger partial charge in [0.05, 0.1) is 27.2 Å². The highest BCUT2D eigenvalue weighted by atomic mass is 16.5. The SMILES string of the molecule is C.C.C1=CCCC=C1.CC.CC.COC(=O)/C=C/C(c1ccccc1)C1C=CCC=C1.COC(=O)C(/C=C/c1ccccc1)=[N+]=[N-].COC(=O)C(/C=C/c1ccccc1)C1C=CC=CC1. The summed E-state index contributed by atoms with van der Waals surface area (Å²) in [6.07, 6.45) is 40.1. The second-order valence-corrected chi connectivity index (χ2v) is 13.2. The van der Waals surface area contributed by atoms with Crippen molar-refractivity contribution < 1.29 is 33.4 Å². The van der Waals surface area contributed by atoms with Crippen molar-refractivity contribution in [1.29, 1.82) is 0 Å². The second kappa shape index (κ2) is 39.9. The molecule has 0 fully saturated rings. The number of nitrogens with zero attached hydrogens (tertiary/aromatic N) is 2. The average molecular weight is 883 g/mol. The van der Waals surface area contributed by atoms with Crippen LogP contribution in [-0.2, 0) is 28.6 Å². The van der Waals surface area contributed by atoms with E-state index >= 15 is 0 Å². The van der Waals surface area contributed by atoms with Gasteiger partial charge in [-0.2, -0.15) is 4.79 Å². The Morgan fingerprint density at radius 1 is 0.615 bits per heavy atom. The Morgan fingerprint density at radius 2 is 1.14 bits per heavy atom. The van der Waals surface area contributed by atoms with Gasteiger partial charge in [-0.25, -0.2) is 9.59 Å². The third-order valence-electron chi connectivity index (χ3n) is 9.09. The Hall–Kier alpha value is -6.89. The topological polar surface area (TPSA) is 115 Å². The highest BCUT2D eigenvalue weighted by Gasteiger charge is 2.25. The number of allylic oxidation sites excluding steroid dienone is 13. The molecule has 0 aliphatic heterocycles. The molecule has 3 aliphatic carbocycles. The van der Waals surface area contributed by atoms with Crippen LogP contribution in [0.5, 0.6) is 0 Å². The molecule has 3 atom stereocenters. The van der Waals surface area contributed by atoms with Gasteiger partial charge in [0.15, 0.2) is 0 Å². The molecule has 3 aromatic rings. The van der Waals surface area contributed by atoms with Gasteiger partial charge in [-0.3, -0.25) is 4.79 Å². The van der Waals surface area contributed by atoms with Crippen molar-refractivity contribution >= 4 is 35.8 Å². The Labute approximate surface area is 391 Å². The van der Waals surface area contributed by atoms with E-state index in [1.54, 1.807) is 6.08 Å². The van der Waals surface area contributed by atoms with Gasteiger partial charge in [0.1, 0.15) is 0 Å². The molecule has 348 valence electrons. The van der Waals surface area contributed by atoms with Gasteiger partial charge in [0.25, 0.3) is 0 Å². The molecule has 0 N–H and O–H groups in total. The van der Waals surface area contributed by atoms with Crippen LogP contribution < -0.4 is 0 Å². The number of esters is 3. The number of hydrogen-bond acceptors (Lipinski definition) is 6. The fourth-order valence-corrected chi connectivity index (χ4v) is 5.95. The van der Waals surface area contributed by atoms with E-state index in [1.807, 2.05) is 137 Å². The van der Waals surface area contributed by atoms with E-state index in [0.717, 1.165) is 24.0 Å². The van der Waals surface area contributed by atoms with E-state index < -0.39 is 5.97 Å². The molecule has 0 spiro atoms. The molecule has 0 saturated carbocycles. The normalized spacial score (nSPS) is 14.7. The van der Waals surface area contributed by atoms with E-state index in [2.05, 4.69) is 87.2 Å². The molecule has 3 aromatic carbocycles. The Balaban J connectivity index is 0. The van der Waals surface area contributed by atoms with E-state index in [-0.39, 0.29) is 56.2 Å². The van der Waals surface area contributed by atoms with Gasteiger partial charge in [-0.1, -0.05) is 225 Å². The van der Waals surface area contributed by atoms with E-state index in [4.69, 9.17) is 10.3 Å². The first kappa shape index (κ1) is 60.2. The van der Waals surface area contributed by atoms with Crippen molar-refractivity contribution in [1.82, 2.24) is 0 Å². The summed E-state index contributed by atoms with van der Waals surface area (Å²) in [7, 11) is 4.06. The van der Waals surface area contributed by atoms with Crippen molar-refractivity contribution in [3.63, 3.8) is 0 Å². The molecule has 0 saturated heterocycles. The Bertz CT molecular complexity index is 2030. The quantitative estimate of drug-likeness (QED) is 0.0360. The van der Waals surface area contributed by atoms with Crippen LogP contribution in [0.15, 0.2) is 188 Å². The number of hydrogen-bond donors (Lipinski definition) is 0. The fourth-order valence-electron chi connectivity index (χ4n) is 5.95. The van der Waals surface area contributed by atoms with Crippen molar-refractivity contribution in [2.24, 2.45) is 17.8 Å². The van der Waals surface area contributed by atoms with E-state index in [1.165, 1.54) is 51.9 Å². The number of rotatable bonds is 11. The summed E-state index contributed by atoms with van der Waals surface area (Å²) in [5, 5.41) is 0. The molecule has 0 bridgehead atoms. The van der Waals surface area contributed by atoms with E-state index in [0.29, 0.717) is 0 Å². The maximum Gasteiger partial charge on any atom is 0.421 e. The zero-order chi connectivity index (χ0) is 46.3. The van der Waals surface area contributed by atoms with Gasteiger partial charge in [-0.05, 0) is 54.4 Å². The van der Waals surface area contributed by atoms with Crippen molar-refractivity contribution in [3.05, 3.63) is 210 Å². The zero-order valence-electron chi connectivity index (χ0n) is 38.0. The lowest BCUT2D eigenvalue weighted by Crippen LogP contribution is -2.22. The molecule has 8 nitrogen and oxygen atoms in total. The smallest absolute Gasteiger partial charge is 0.421 e. The molecular weight excluding hydrogens is 809 g/mol. The molecule has 0 heterocycles. The number of ether oxygens (including phenoxy) is 3. The van der Waals surface area contributed by atoms with Crippen LogP contribution in [0.3, 0.4) is 0 Å². The first-order chi connectivity index (χ1) is 30.9. The zero-order valence-corrected chi connectivity index (χ0v) is 38.0. The maximum absolute atomic E-state index is 11.9.